The fourth-order valence-corrected chi connectivity index (χ4v) is 3.01. The molecule has 0 N–H and O–H groups in total. The second-order valence-corrected chi connectivity index (χ2v) is 6.61. The van der Waals surface area contributed by atoms with Crippen LogP contribution in [0.3, 0.4) is 0 Å². The maximum atomic E-state index is 12.8. The molecule has 0 spiro atoms. The van der Waals surface area contributed by atoms with E-state index in [9.17, 15) is 4.79 Å². The summed E-state index contributed by atoms with van der Waals surface area (Å²) < 4.78 is 8.12. The Labute approximate surface area is 163 Å². The summed E-state index contributed by atoms with van der Waals surface area (Å²) in [5.74, 6) is 0.722. The molecule has 7 nitrogen and oxygen atoms in total. The fourth-order valence-electron chi connectivity index (χ4n) is 2.69. The third-order valence-electron chi connectivity index (χ3n) is 4.08. The predicted octanol–water partition coefficient (Wildman–Crippen LogP) is 3.34. The van der Waals surface area contributed by atoms with Gasteiger partial charge in [0.2, 0.25) is 0 Å². The summed E-state index contributed by atoms with van der Waals surface area (Å²) in [6.07, 6.45) is 1.47. The van der Waals surface area contributed by atoms with E-state index in [-0.39, 0.29) is 11.1 Å². The van der Waals surface area contributed by atoms with Crippen LogP contribution in [0.2, 0.25) is 10.0 Å². The van der Waals surface area contributed by atoms with E-state index in [0.717, 1.165) is 17.0 Å². The number of aromatic nitrogens is 5. The van der Waals surface area contributed by atoms with Gasteiger partial charge in [0.1, 0.15) is 12.1 Å². The molecule has 27 heavy (non-hydrogen) atoms. The summed E-state index contributed by atoms with van der Waals surface area (Å²) in [5, 5.41) is 8.97. The highest BCUT2D eigenvalue weighted by atomic mass is 35.5. The number of rotatable bonds is 4. The lowest BCUT2D eigenvalue weighted by Gasteiger charge is -2.07. The van der Waals surface area contributed by atoms with Crippen LogP contribution in [0.1, 0.15) is 5.56 Å². The van der Waals surface area contributed by atoms with Gasteiger partial charge in [0.25, 0.3) is 5.56 Å². The van der Waals surface area contributed by atoms with Crippen molar-refractivity contribution in [3.8, 4) is 11.4 Å². The summed E-state index contributed by atoms with van der Waals surface area (Å²) in [4.78, 5) is 17.1. The molecule has 9 heteroatoms. The van der Waals surface area contributed by atoms with Gasteiger partial charge >= 0.3 is 0 Å². The Morgan fingerprint density at radius 3 is 2.56 bits per heavy atom. The van der Waals surface area contributed by atoms with Crippen molar-refractivity contribution in [1.82, 2.24) is 24.5 Å². The van der Waals surface area contributed by atoms with Gasteiger partial charge in [-0.25, -0.2) is 4.98 Å². The molecule has 2 aromatic heterocycles. The van der Waals surface area contributed by atoms with E-state index in [1.54, 1.807) is 37.4 Å². The highest BCUT2D eigenvalue weighted by Gasteiger charge is 2.14. The van der Waals surface area contributed by atoms with E-state index in [2.05, 4.69) is 15.3 Å². The first-order chi connectivity index (χ1) is 13.1. The fraction of sp³-hybridized carbons (Fsp3) is 0.111. The normalized spacial score (nSPS) is 11.1. The van der Waals surface area contributed by atoms with E-state index in [1.807, 2.05) is 12.1 Å². The van der Waals surface area contributed by atoms with E-state index >= 15 is 0 Å². The standard InChI is InChI=1S/C18H13Cl2N5O2/c1-27-13-5-3-12(4-6-13)25-17-16(22-23-25)18(26)24(10-21-17)9-11-2-7-14(19)15(20)8-11/h2-8,10H,9H2,1H3. The molecule has 0 radical (unpaired) electrons. The Hall–Kier alpha value is -2.90. The average molecular weight is 402 g/mol. The minimum atomic E-state index is -0.286. The molecule has 0 aliphatic carbocycles. The molecule has 4 rings (SSSR count). The van der Waals surface area contributed by atoms with Crippen LogP contribution in [-0.4, -0.2) is 31.7 Å². The Bertz CT molecular complexity index is 1180. The molecule has 2 aromatic carbocycles. The molecule has 0 saturated heterocycles. The molecule has 2 heterocycles. The van der Waals surface area contributed by atoms with Gasteiger partial charge < -0.3 is 4.74 Å². The molecule has 136 valence electrons. The monoisotopic (exact) mass is 401 g/mol. The summed E-state index contributed by atoms with van der Waals surface area (Å²) in [5.41, 5.74) is 1.84. The summed E-state index contributed by atoms with van der Waals surface area (Å²) in [7, 11) is 1.59. The molecule has 0 aliphatic rings. The first kappa shape index (κ1) is 17.5. The van der Waals surface area contributed by atoms with Crippen molar-refractivity contribution < 1.29 is 4.74 Å². The number of fused-ring (bicyclic) bond motifs is 1. The first-order valence-corrected chi connectivity index (χ1v) is 8.71. The highest BCUT2D eigenvalue weighted by Crippen LogP contribution is 2.23. The van der Waals surface area contributed by atoms with Crippen LogP contribution in [0.15, 0.2) is 53.6 Å². The number of ether oxygens (including phenoxy) is 1. The van der Waals surface area contributed by atoms with Gasteiger partial charge in [0, 0.05) is 0 Å². The first-order valence-electron chi connectivity index (χ1n) is 7.96. The molecule has 0 fully saturated rings. The Morgan fingerprint density at radius 1 is 1.07 bits per heavy atom. The SMILES string of the molecule is COc1ccc(-n2nnc3c(=O)n(Cc4ccc(Cl)c(Cl)c4)cnc32)cc1. The Kier molecular flexibility index (Phi) is 4.55. The molecule has 4 aromatic rings. The van der Waals surface area contributed by atoms with Crippen molar-refractivity contribution in [2.24, 2.45) is 0 Å². The van der Waals surface area contributed by atoms with Crippen molar-refractivity contribution in [2.45, 2.75) is 6.54 Å². The number of nitrogens with zero attached hydrogens (tertiary/aromatic N) is 5. The number of hydrogen-bond donors (Lipinski definition) is 0. The Balaban J connectivity index is 1.72. The number of methoxy groups -OCH3 is 1. The van der Waals surface area contributed by atoms with Crippen LogP contribution in [0.4, 0.5) is 0 Å². The van der Waals surface area contributed by atoms with Gasteiger partial charge in [-0.15, -0.1) is 5.10 Å². The molecule has 0 saturated carbocycles. The van der Waals surface area contributed by atoms with Gasteiger partial charge in [0.05, 0.1) is 29.4 Å². The van der Waals surface area contributed by atoms with E-state index in [1.165, 1.54) is 15.6 Å². The lowest BCUT2D eigenvalue weighted by Crippen LogP contribution is -2.21. The lowest BCUT2D eigenvalue weighted by molar-refractivity contribution is 0.414. The zero-order chi connectivity index (χ0) is 19.0. The topological polar surface area (TPSA) is 74.8 Å². The summed E-state index contributed by atoms with van der Waals surface area (Å²) in [6.45, 7) is 0.300. The van der Waals surface area contributed by atoms with Crippen LogP contribution in [0.25, 0.3) is 16.9 Å². The maximum absolute atomic E-state index is 12.8. The van der Waals surface area contributed by atoms with Crippen LogP contribution in [-0.2, 0) is 6.54 Å². The van der Waals surface area contributed by atoms with Crippen LogP contribution >= 0.6 is 23.2 Å². The molecule has 0 atom stereocenters. The predicted molar refractivity (Wildman–Crippen MR) is 103 cm³/mol. The van der Waals surface area contributed by atoms with E-state index < -0.39 is 0 Å². The van der Waals surface area contributed by atoms with Gasteiger partial charge in [-0.3, -0.25) is 9.36 Å². The van der Waals surface area contributed by atoms with Gasteiger partial charge in [-0.05, 0) is 42.0 Å². The quantitative estimate of drug-likeness (QED) is 0.524. The van der Waals surface area contributed by atoms with Crippen LogP contribution in [0, 0.1) is 0 Å². The third-order valence-corrected chi connectivity index (χ3v) is 4.82. The maximum Gasteiger partial charge on any atom is 0.283 e. The smallest absolute Gasteiger partial charge is 0.283 e. The van der Waals surface area contributed by atoms with Crippen molar-refractivity contribution in [2.75, 3.05) is 7.11 Å². The van der Waals surface area contributed by atoms with Crippen molar-refractivity contribution >= 4 is 34.4 Å². The van der Waals surface area contributed by atoms with Gasteiger partial charge in [-0.1, -0.05) is 34.5 Å². The number of halogens is 2. The number of hydrogen-bond acceptors (Lipinski definition) is 5. The number of benzene rings is 2. The minimum absolute atomic E-state index is 0.188. The molecular formula is C18H13Cl2N5O2. The molecule has 0 unspecified atom stereocenters. The highest BCUT2D eigenvalue weighted by molar-refractivity contribution is 6.42. The zero-order valence-electron chi connectivity index (χ0n) is 14.1. The minimum Gasteiger partial charge on any atom is -0.497 e. The largest absolute Gasteiger partial charge is 0.497 e. The molecule has 0 bridgehead atoms. The van der Waals surface area contributed by atoms with Gasteiger partial charge in [0.15, 0.2) is 11.2 Å². The van der Waals surface area contributed by atoms with Crippen molar-refractivity contribution in [1.29, 1.82) is 0 Å². The summed E-state index contributed by atoms with van der Waals surface area (Å²) >= 11 is 12.0. The second kappa shape index (κ2) is 7.02. The lowest BCUT2D eigenvalue weighted by atomic mass is 10.2. The van der Waals surface area contributed by atoms with Gasteiger partial charge in [-0.2, -0.15) is 4.68 Å². The third kappa shape index (κ3) is 3.27. The summed E-state index contributed by atoms with van der Waals surface area (Å²) in [6, 6.07) is 12.4. The van der Waals surface area contributed by atoms with Crippen molar-refractivity contribution in [3.63, 3.8) is 0 Å². The van der Waals surface area contributed by atoms with Crippen LogP contribution in [0.5, 0.6) is 5.75 Å². The Morgan fingerprint density at radius 2 is 1.85 bits per heavy atom. The molecule has 0 amide bonds. The molecule has 0 aliphatic heterocycles. The average Bonchev–Trinajstić information content (AvgIpc) is 3.12. The second-order valence-electron chi connectivity index (χ2n) is 5.80. The van der Waals surface area contributed by atoms with E-state index in [4.69, 9.17) is 27.9 Å². The van der Waals surface area contributed by atoms with E-state index in [0.29, 0.717) is 22.2 Å². The zero-order valence-corrected chi connectivity index (χ0v) is 15.6. The van der Waals surface area contributed by atoms with Crippen LogP contribution < -0.4 is 10.3 Å². The van der Waals surface area contributed by atoms with Crippen molar-refractivity contribution in [3.05, 3.63) is 74.8 Å². The molecular weight excluding hydrogens is 389 g/mol.